The molecule has 572 valence electrons. The van der Waals surface area contributed by atoms with E-state index in [0.717, 1.165) is 0 Å². The van der Waals surface area contributed by atoms with Crippen molar-refractivity contribution in [1.82, 2.24) is 78.9 Å². The minimum Gasteiger partial charge on any atom is -0.356 e. The molecule has 3 rings (SSSR count). The van der Waals surface area contributed by atoms with E-state index in [1.54, 1.807) is 0 Å². The van der Waals surface area contributed by atoms with Gasteiger partial charge in [0.25, 0.3) is 5.91 Å². The Morgan fingerprint density at radius 1 is 0.394 bits per heavy atom. The molecule has 0 saturated carbocycles. The number of hydrogen-bond donors (Lipinski definition) is 14. The molecule has 0 aromatic carbocycles. The van der Waals surface area contributed by atoms with Crippen LogP contribution in [-0.2, 0) is 76.7 Å². The van der Waals surface area contributed by atoms with Gasteiger partial charge in [-0.25, -0.2) is 0 Å². The molecule has 15 N–H and O–H groups in total. The molecule has 8 atom stereocenters. The first kappa shape index (κ1) is 88.1. The van der Waals surface area contributed by atoms with Crippen LogP contribution in [0.25, 0.3) is 0 Å². The highest BCUT2D eigenvalue weighted by Crippen LogP contribution is 2.23. The zero-order chi connectivity index (χ0) is 76.4. The van der Waals surface area contributed by atoms with Crippen LogP contribution in [0.4, 0.5) is 0 Å². The van der Waals surface area contributed by atoms with Gasteiger partial charge in [-0.05, 0) is 148 Å². The molecule has 104 heavy (non-hydrogen) atoms. The van der Waals surface area contributed by atoms with E-state index in [1.165, 1.54) is 9.80 Å². The molecule has 15 amide bonds. The molecule has 0 aliphatic carbocycles. The van der Waals surface area contributed by atoms with Crippen LogP contribution >= 0.6 is 0 Å². The molecule has 0 unspecified atom stereocenters. The third-order valence-electron chi connectivity index (χ3n) is 17.5. The highest BCUT2D eigenvalue weighted by atomic mass is 16.2. The Hall–Kier alpha value is -10.1. The number of amides is 15. The maximum atomic E-state index is 15.0. The van der Waals surface area contributed by atoms with Gasteiger partial charge in [0.05, 0.1) is 13.1 Å². The van der Waals surface area contributed by atoms with Crippen LogP contribution in [0, 0.1) is 49.4 Å². The monoisotopic (exact) mass is 1450 g/mol. The lowest BCUT2D eigenvalue weighted by Crippen LogP contribution is -2.59. The van der Waals surface area contributed by atoms with Crippen molar-refractivity contribution in [3.63, 3.8) is 0 Å². The molecule has 32 heteroatoms. The zero-order valence-electron chi connectivity index (χ0n) is 59.8. The summed E-state index contributed by atoms with van der Waals surface area (Å²) >= 11 is 0. The minimum absolute atomic E-state index is 0.00490. The summed E-state index contributed by atoms with van der Waals surface area (Å²) in [5.74, 6) is -0.469. The molecule has 0 aromatic rings. The van der Waals surface area contributed by atoms with E-state index in [1.807, 2.05) is 0 Å². The number of terminal acetylenes is 4. The fourth-order valence-corrected chi connectivity index (χ4v) is 11.9. The molecule has 0 spiro atoms. The number of rotatable bonds is 38. The van der Waals surface area contributed by atoms with Gasteiger partial charge in [-0.2, -0.15) is 0 Å². The summed E-state index contributed by atoms with van der Waals surface area (Å²) in [6.07, 6.45) is 26.4. The Morgan fingerprint density at radius 3 is 0.971 bits per heavy atom. The van der Waals surface area contributed by atoms with Crippen molar-refractivity contribution in [2.45, 2.75) is 241 Å². The van der Waals surface area contributed by atoms with Crippen molar-refractivity contribution in [1.29, 1.82) is 0 Å². The van der Waals surface area contributed by atoms with Gasteiger partial charge < -0.3 is 84.7 Å². The molecule has 3 heterocycles. The Labute approximate surface area is 609 Å². The summed E-state index contributed by atoms with van der Waals surface area (Å²) in [5.41, 5.74) is 5.87. The normalized spacial score (nSPS) is 21.1. The molecular formula is C72H108N16O16. The second-order valence-electron chi connectivity index (χ2n) is 25.7. The summed E-state index contributed by atoms with van der Waals surface area (Å²) in [7, 11) is 0. The number of unbranched alkanes of at least 4 members (excludes halogenated alkanes) is 6. The highest BCUT2D eigenvalue weighted by Gasteiger charge is 2.41. The molecule has 3 fully saturated rings. The number of fused-ring (bicyclic) bond motifs is 2. The quantitative estimate of drug-likeness (QED) is 0.0132. The number of nitrogens with one attached hydrogen (secondary N) is 13. The van der Waals surface area contributed by atoms with E-state index in [0.29, 0.717) is 51.4 Å². The molecule has 0 bridgehead atoms. The first-order valence-corrected chi connectivity index (χ1v) is 36.3. The van der Waals surface area contributed by atoms with Crippen molar-refractivity contribution in [3.05, 3.63) is 0 Å². The lowest BCUT2D eigenvalue weighted by atomic mass is 10.0. The van der Waals surface area contributed by atoms with Gasteiger partial charge in [0.1, 0.15) is 48.3 Å². The van der Waals surface area contributed by atoms with Crippen LogP contribution in [0.3, 0.4) is 0 Å². The van der Waals surface area contributed by atoms with Crippen LogP contribution in [-0.4, -0.2) is 218 Å². The smallest absolute Gasteiger partial charge is 0.284 e. The Bertz CT molecular complexity index is 3080. The van der Waals surface area contributed by atoms with Crippen LogP contribution in [0.2, 0.25) is 0 Å². The predicted octanol–water partition coefficient (Wildman–Crippen LogP) is -2.46. The van der Waals surface area contributed by atoms with Crippen LogP contribution in [0.5, 0.6) is 0 Å². The van der Waals surface area contributed by atoms with Gasteiger partial charge >= 0.3 is 0 Å². The first-order valence-electron chi connectivity index (χ1n) is 36.3. The number of nitrogens with two attached hydrogens (primary N) is 1. The Morgan fingerprint density at radius 2 is 0.673 bits per heavy atom. The van der Waals surface area contributed by atoms with Gasteiger partial charge in [-0.3, -0.25) is 76.7 Å². The molecule has 3 saturated heterocycles. The number of aldehydes is 1. The summed E-state index contributed by atoms with van der Waals surface area (Å²) in [5, 5.41) is 35.0. The Balaban J connectivity index is 2.19. The maximum Gasteiger partial charge on any atom is 0.284 e. The van der Waals surface area contributed by atoms with E-state index in [4.69, 9.17) is 31.4 Å². The molecule has 0 aromatic heterocycles. The summed E-state index contributed by atoms with van der Waals surface area (Å²) < 4.78 is 0. The van der Waals surface area contributed by atoms with Crippen molar-refractivity contribution >= 4 is 94.9 Å². The average Bonchev–Trinajstić information content (AvgIpc) is 1.68. The SMILES string of the molecule is C#CCCC(=O)NCCCC[C@@H]1NC(=O)CNC(=O)[C@@H]2CCCN2C(=O)[C@H](CCCCNC(=O)CCC#C)NC(=O)[C@H](CCCCN)NC(=O)[C@H](CCCCNC(=O)CCC#C)NC(=O)CNC(=O)[C@@H]2CCCN2C(=O)[C@H](CCCCNC(=O)CCC#C)NC(=O)[C@H](CCCCNC(=O)C=O)NC1=O. The lowest BCUT2D eigenvalue weighted by Gasteiger charge is -2.31. The van der Waals surface area contributed by atoms with Crippen LogP contribution in [0.1, 0.15) is 193 Å². The van der Waals surface area contributed by atoms with Gasteiger partial charge in [-0.1, -0.05) is 0 Å². The van der Waals surface area contributed by atoms with Crippen molar-refractivity contribution < 1.29 is 76.7 Å². The topological polar surface area (TPSA) is 462 Å². The third kappa shape index (κ3) is 35.2. The van der Waals surface area contributed by atoms with Crippen molar-refractivity contribution in [3.8, 4) is 49.4 Å². The second-order valence-corrected chi connectivity index (χ2v) is 25.7. The second kappa shape index (κ2) is 52.0. The van der Waals surface area contributed by atoms with Crippen molar-refractivity contribution in [2.75, 3.05) is 65.4 Å². The fourth-order valence-electron chi connectivity index (χ4n) is 11.9. The summed E-state index contributed by atoms with van der Waals surface area (Å²) in [4.78, 5) is 220. The van der Waals surface area contributed by atoms with Crippen LogP contribution < -0.4 is 74.9 Å². The van der Waals surface area contributed by atoms with Gasteiger partial charge in [-0.15, -0.1) is 49.4 Å². The number of nitrogens with zero attached hydrogens (tertiary/aromatic N) is 2. The average molecular weight is 1450 g/mol. The van der Waals surface area contributed by atoms with Crippen LogP contribution in [0.15, 0.2) is 0 Å². The molecule has 3 aliphatic rings. The van der Waals surface area contributed by atoms with E-state index < -0.39 is 126 Å². The standard InChI is InChI=1S/C72H108N16O16/c1-5-9-35-58(90)74-40-20-14-28-50-65(97)83-52(27-13-19-39-73)67(99)85-54(31-17-23-42-76-60(92)37-11-7-3)71(103)87-45-25-33-56(87)69(101)80-48-63(95)82-51(29-15-21-41-75-59(91)36-10-6-2)66(98)84-53(30-16-22-44-78-64(96)49-89)68(100)86-55(32-18-24-43-77-61(93)38-12-8-4)72(104)88-46-26-34-57(88)70(102)79-47-62(94)81-50/h1-4,49-57H,9-48,73H2,(H,74,90)(H,75,91)(H,76,92)(H,77,93)(H,78,96)(H,79,102)(H,80,101)(H,81,94)(H,82,95)(H,83,97)(H,84,98)(H,85,99)(H,86,100)/t50-,51-,52-,53-,54-,55-,56-,57-/m0/s1. The molecular weight excluding hydrogens is 1340 g/mol. The maximum absolute atomic E-state index is 15.0. The number of carbonyl (C=O) groups is 16. The van der Waals surface area contributed by atoms with Crippen molar-refractivity contribution in [2.24, 2.45) is 5.73 Å². The molecule has 3 aliphatic heterocycles. The first-order chi connectivity index (χ1) is 50.1. The largest absolute Gasteiger partial charge is 0.356 e. The molecule has 0 radical (unpaired) electrons. The van der Waals surface area contributed by atoms with E-state index in [-0.39, 0.29) is 224 Å². The predicted molar refractivity (Wildman–Crippen MR) is 383 cm³/mol. The number of carbonyl (C=O) groups excluding carboxylic acids is 16. The number of hydrogen-bond acceptors (Lipinski definition) is 17. The lowest BCUT2D eigenvalue weighted by molar-refractivity contribution is -0.142. The van der Waals surface area contributed by atoms with E-state index in [2.05, 4.69) is 92.8 Å². The van der Waals surface area contributed by atoms with Gasteiger partial charge in [0.2, 0.25) is 89.0 Å². The van der Waals surface area contributed by atoms with E-state index >= 15 is 0 Å². The third-order valence-corrected chi connectivity index (χ3v) is 17.5. The minimum atomic E-state index is -1.45. The fraction of sp³-hybridized carbons (Fsp3) is 0.667. The molecule has 32 nitrogen and oxygen atoms in total. The van der Waals surface area contributed by atoms with Gasteiger partial charge in [0.15, 0.2) is 0 Å². The Kier molecular flexibility index (Phi) is 44.0. The summed E-state index contributed by atoms with van der Waals surface area (Å²) in [6.45, 7) is -0.436. The van der Waals surface area contributed by atoms with E-state index in [9.17, 15) is 76.7 Å². The summed E-state index contributed by atoms with van der Waals surface area (Å²) in [6, 6.07) is -10.6. The zero-order valence-corrected chi connectivity index (χ0v) is 59.8. The highest BCUT2D eigenvalue weighted by molar-refractivity contribution is 6.23. The van der Waals surface area contributed by atoms with Gasteiger partial charge in [0, 0.05) is 97.2 Å².